The van der Waals surface area contributed by atoms with E-state index in [1.165, 1.54) is 0 Å². The first-order chi connectivity index (χ1) is 14.5. The van der Waals surface area contributed by atoms with Gasteiger partial charge in [0.05, 0.1) is 19.1 Å². The molecule has 0 saturated carbocycles. The molecule has 14 nitrogen and oxygen atoms in total. The number of hydrogen-bond donors (Lipinski definition) is 7. The fourth-order valence-corrected chi connectivity index (χ4v) is 3.02. The van der Waals surface area contributed by atoms with E-state index in [1.807, 2.05) is 0 Å². The highest BCUT2D eigenvalue weighted by Crippen LogP contribution is 2.19. The summed E-state index contributed by atoms with van der Waals surface area (Å²) < 4.78 is 0. The van der Waals surface area contributed by atoms with Gasteiger partial charge < -0.3 is 41.7 Å². The molecule has 4 atom stereocenters. The van der Waals surface area contributed by atoms with Crippen LogP contribution in [0.25, 0.3) is 0 Å². The SMILES string of the molecule is NC(CCC(=O)O)C(=O)NC(CO)C(=O)NC(CC(=O)O)C(=O)N1CCCC1C(=O)O. The highest BCUT2D eigenvalue weighted by Gasteiger charge is 2.39. The van der Waals surface area contributed by atoms with Gasteiger partial charge >= 0.3 is 17.9 Å². The van der Waals surface area contributed by atoms with Gasteiger partial charge in [-0.05, 0) is 19.3 Å². The number of carbonyl (C=O) groups is 6. The molecule has 1 fully saturated rings. The third kappa shape index (κ3) is 7.82. The summed E-state index contributed by atoms with van der Waals surface area (Å²) in [6, 6.07) is -5.66. The topological polar surface area (TPSA) is 237 Å². The molecular formula is C17H26N4O10. The number of aliphatic carboxylic acids is 3. The van der Waals surface area contributed by atoms with Crippen molar-refractivity contribution in [3.63, 3.8) is 0 Å². The minimum Gasteiger partial charge on any atom is -0.481 e. The van der Waals surface area contributed by atoms with E-state index in [-0.39, 0.29) is 19.4 Å². The maximum absolute atomic E-state index is 12.7. The molecule has 0 bridgehead atoms. The summed E-state index contributed by atoms with van der Waals surface area (Å²) in [5.74, 6) is -6.82. The van der Waals surface area contributed by atoms with Crippen molar-refractivity contribution < 1.29 is 49.2 Å². The molecule has 4 unspecified atom stereocenters. The highest BCUT2D eigenvalue weighted by molar-refractivity contribution is 5.95. The largest absolute Gasteiger partial charge is 0.481 e. The Balaban J connectivity index is 2.85. The molecule has 1 heterocycles. The van der Waals surface area contributed by atoms with Gasteiger partial charge in [0.25, 0.3) is 0 Å². The van der Waals surface area contributed by atoms with E-state index in [4.69, 9.17) is 15.9 Å². The second-order valence-corrected chi connectivity index (χ2v) is 6.97. The van der Waals surface area contributed by atoms with Crippen LogP contribution in [-0.4, -0.2) is 98.3 Å². The van der Waals surface area contributed by atoms with Crippen LogP contribution in [0.15, 0.2) is 0 Å². The van der Waals surface area contributed by atoms with Crippen LogP contribution in [-0.2, 0) is 28.8 Å². The Labute approximate surface area is 176 Å². The van der Waals surface area contributed by atoms with Crippen LogP contribution in [0.4, 0.5) is 0 Å². The van der Waals surface area contributed by atoms with Gasteiger partial charge in [-0.1, -0.05) is 0 Å². The zero-order chi connectivity index (χ0) is 23.7. The zero-order valence-electron chi connectivity index (χ0n) is 16.5. The molecule has 1 aliphatic heterocycles. The minimum atomic E-state index is -1.63. The number of nitrogens with zero attached hydrogens (tertiary/aromatic N) is 1. The van der Waals surface area contributed by atoms with Gasteiger partial charge in [0, 0.05) is 13.0 Å². The molecule has 0 radical (unpaired) electrons. The highest BCUT2D eigenvalue weighted by atomic mass is 16.4. The average molecular weight is 446 g/mol. The zero-order valence-corrected chi connectivity index (χ0v) is 16.5. The molecule has 3 amide bonds. The first-order valence-corrected chi connectivity index (χ1v) is 9.42. The molecule has 1 rings (SSSR count). The van der Waals surface area contributed by atoms with Crippen LogP contribution < -0.4 is 16.4 Å². The van der Waals surface area contributed by atoms with Crippen molar-refractivity contribution in [2.24, 2.45) is 5.73 Å². The van der Waals surface area contributed by atoms with Crippen molar-refractivity contribution in [1.82, 2.24) is 15.5 Å². The number of rotatable bonds is 12. The fourth-order valence-electron chi connectivity index (χ4n) is 3.02. The Morgan fingerprint density at radius 3 is 2.10 bits per heavy atom. The summed E-state index contributed by atoms with van der Waals surface area (Å²) in [4.78, 5) is 71.0. The smallest absolute Gasteiger partial charge is 0.326 e. The second kappa shape index (κ2) is 11.8. The molecule has 0 aromatic carbocycles. The van der Waals surface area contributed by atoms with E-state index in [0.29, 0.717) is 6.42 Å². The lowest BCUT2D eigenvalue weighted by molar-refractivity contribution is -0.150. The Bertz CT molecular complexity index is 728. The number of hydrogen-bond acceptors (Lipinski definition) is 8. The van der Waals surface area contributed by atoms with Gasteiger partial charge in [-0.3, -0.25) is 24.0 Å². The van der Waals surface area contributed by atoms with Crippen LogP contribution in [0.5, 0.6) is 0 Å². The van der Waals surface area contributed by atoms with E-state index in [0.717, 1.165) is 4.90 Å². The maximum atomic E-state index is 12.7. The Hall–Kier alpha value is -3.26. The summed E-state index contributed by atoms with van der Waals surface area (Å²) in [5.41, 5.74) is 5.53. The van der Waals surface area contributed by atoms with Crippen LogP contribution >= 0.6 is 0 Å². The number of carboxylic acid groups (broad SMARTS) is 3. The van der Waals surface area contributed by atoms with Crippen LogP contribution in [0.1, 0.15) is 32.1 Å². The van der Waals surface area contributed by atoms with Crippen molar-refractivity contribution in [1.29, 1.82) is 0 Å². The van der Waals surface area contributed by atoms with E-state index in [2.05, 4.69) is 10.6 Å². The standard InChI is InChI=1S/C17H26N4O10/c18-8(3-4-12(23)24)14(27)20-10(7-22)15(28)19-9(6-13(25)26)16(29)21-5-1-2-11(21)17(30)31/h8-11,22H,1-7,18H2,(H,19,28)(H,20,27)(H,23,24)(H,25,26)(H,30,31). The van der Waals surface area contributed by atoms with Gasteiger partial charge in [0.15, 0.2) is 0 Å². The van der Waals surface area contributed by atoms with Crippen LogP contribution in [0, 0.1) is 0 Å². The number of nitrogens with two attached hydrogens (primary N) is 1. The van der Waals surface area contributed by atoms with Crippen molar-refractivity contribution >= 4 is 35.6 Å². The second-order valence-electron chi connectivity index (χ2n) is 6.97. The number of aliphatic hydroxyl groups excluding tert-OH is 1. The monoisotopic (exact) mass is 446 g/mol. The van der Waals surface area contributed by atoms with Crippen LogP contribution in [0.2, 0.25) is 0 Å². The first kappa shape index (κ1) is 25.8. The number of carbonyl (C=O) groups excluding carboxylic acids is 3. The lowest BCUT2D eigenvalue weighted by Gasteiger charge is -2.28. The Morgan fingerprint density at radius 1 is 0.968 bits per heavy atom. The molecular weight excluding hydrogens is 420 g/mol. The van der Waals surface area contributed by atoms with Gasteiger partial charge in [0.1, 0.15) is 18.1 Å². The van der Waals surface area contributed by atoms with E-state index in [9.17, 15) is 39.0 Å². The quantitative estimate of drug-likeness (QED) is 0.157. The molecule has 1 saturated heterocycles. The predicted molar refractivity (Wildman–Crippen MR) is 100 cm³/mol. The van der Waals surface area contributed by atoms with Crippen molar-refractivity contribution in [3.05, 3.63) is 0 Å². The maximum Gasteiger partial charge on any atom is 0.326 e. The Kier molecular flexibility index (Phi) is 9.82. The summed E-state index contributed by atoms with van der Waals surface area (Å²) >= 11 is 0. The molecule has 31 heavy (non-hydrogen) atoms. The van der Waals surface area contributed by atoms with Crippen molar-refractivity contribution in [2.75, 3.05) is 13.2 Å². The lowest BCUT2D eigenvalue weighted by Crippen LogP contribution is -2.58. The number of carboxylic acids is 3. The van der Waals surface area contributed by atoms with Gasteiger partial charge in [-0.25, -0.2) is 4.79 Å². The molecule has 0 aromatic rings. The molecule has 14 heteroatoms. The molecule has 8 N–H and O–H groups in total. The van der Waals surface area contributed by atoms with E-state index < -0.39 is 79.2 Å². The van der Waals surface area contributed by atoms with E-state index >= 15 is 0 Å². The number of likely N-dealkylation sites (tertiary alicyclic amines) is 1. The summed E-state index contributed by atoms with van der Waals surface area (Å²) in [6.07, 6.45) is -0.914. The molecule has 0 aromatic heterocycles. The molecule has 1 aliphatic rings. The number of nitrogens with one attached hydrogen (secondary N) is 2. The lowest BCUT2D eigenvalue weighted by atomic mass is 10.1. The summed E-state index contributed by atoms with van der Waals surface area (Å²) in [7, 11) is 0. The van der Waals surface area contributed by atoms with Gasteiger partial charge in [0.2, 0.25) is 17.7 Å². The fraction of sp³-hybridized carbons (Fsp3) is 0.647. The predicted octanol–water partition coefficient (Wildman–Crippen LogP) is -3.31. The summed E-state index contributed by atoms with van der Waals surface area (Å²) in [6.45, 7) is -0.848. The Morgan fingerprint density at radius 2 is 1.58 bits per heavy atom. The van der Waals surface area contributed by atoms with Crippen molar-refractivity contribution in [3.8, 4) is 0 Å². The number of amides is 3. The number of aliphatic hydroxyl groups is 1. The normalized spacial score (nSPS) is 18.5. The first-order valence-electron chi connectivity index (χ1n) is 9.42. The third-order valence-corrected chi connectivity index (χ3v) is 4.64. The summed E-state index contributed by atoms with van der Waals surface area (Å²) in [5, 5.41) is 40.5. The van der Waals surface area contributed by atoms with Crippen LogP contribution in [0.3, 0.4) is 0 Å². The molecule has 0 aliphatic carbocycles. The van der Waals surface area contributed by atoms with Gasteiger partial charge in [-0.15, -0.1) is 0 Å². The average Bonchev–Trinajstić information content (AvgIpc) is 3.18. The van der Waals surface area contributed by atoms with E-state index in [1.54, 1.807) is 0 Å². The third-order valence-electron chi connectivity index (χ3n) is 4.64. The van der Waals surface area contributed by atoms with Crippen molar-refractivity contribution in [2.45, 2.75) is 56.3 Å². The minimum absolute atomic E-state index is 0.0698. The molecule has 0 spiro atoms. The van der Waals surface area contributed by atoms with Gasteiger partial charge in [-0.2, -0.15) is 0 Å². The molecule has 174 valence electrons.